The first kappa shape index (κ1) is 19.4. The summed E-state index contributed by atoms with van der Waals surface area (Å²) >= 11 is 0. The van der Waals surface area contributed by atoms with Gasteiger partial charge in [-0.2, -0.15) is 0 Å². The second kappa shape index (κ2) is 8.27. The standard InChI is InChI=1S/C17H35N3O2/c1-14(2)11-17(3,4)16(22)19(6)12-15(21)13-20-9-7-18(5)8-10-20/h14-15,21H,7-13H2,1-6H3. The van der Waals surface area contributed by atoms with Gasteiger partial charge in [-0.1, -0.05) is 27.7 Å². The normalized spacial score (nSPS) is 19.5. The van der Waals surface area contributed by atoms with Crippen LogP contribution in [0.4, 0.5) is 0 Å². The highest BCUT2D eigenvalue weighted by molar-refractivity contribution is 5.81. The second-order valence-electron chi connectivity index (χ2n) is 7.93. The van der Waals surface area contributed by atoms with Gasteiger partial charge in [0.15, 0.2) is 0 Å². The maximum Gasteiger partial charge on any atom is 0.228 e. The van der Waals surface area contributed by atoms with Gasteiger partial charge in [-0.15, -0.1) is 0 Å². The highest BCUT2D eigenvalue weighted by Gasteiger charge is 2.32. The number of aliphatic hydroxyl groups excluding tert-OH is 1. The fourth-order valence-corrected chi connectivity index (χ4v) is 3.41. The predicted octanol–water partition coefficient (Wildman–Crippen LogP) is 1.13. The summed E-state index contributed by atoms with van der Waals surface area (Å²) in [6.45, 7) is 13.4. The molecule has 1 saturated heterocycles. The second-order valence-corrected chi connectivity index (χ2v) is 7.93. The molecule has 0 aromatic rings. The van der Waals surface area contributed by atoms with E-state index in [1.807, 2.05) is 13.8 Å². The van der Waals surface area contributed by atoms with Crippen molar-refractivity contribution in [3.05, 3.63) is 0 Å². The summed E-state index contributed by atoms with van der Waals surface area (Å²) < 4.78 is 0. The molecule has 1 fully saturated rings. The molecule has 0 aromatic carbocycles. The Balaban J connectivity index is 2.42. The van der Waals surface area contributed by atoms with Crippen molar-refractivity contribution in [2.45, 2.75) is 40.2 Å². The van der Waals surface area contributed by atoms with E-state index in [-0.39, 0.29) is 11.3 Å². The number of hydrogen-bond acceptors (Lipinski definition) is 4. The molecule has 0 radical (unpaired) electrons. The predicted molar refractivity (Wildman–Crippen MR) is 90.8 cm³/mol. The number of rotatable bonds is 7. The molecule has 1 atom stereocenters. The molecular weight excluding hydrogens is 278 g/mol. The van der Waals surface area contributed by atoms with E-state index in [1.165, 1.54) is 0 Å². The van der Waals surface area contributed by atoms with Gasteiger partial charge in [-0.25, -0.2) is 0 Å². The summed E-state index contributed by atoms with van der Waals surface area (Å²) in [6, 6.07) is 0. The number of piperazine rings is 1. The lowest BCUT2D eigenvalue weighted by molar-refractivity contribution is -0.141. The SMILES string of the molecule is CC(C)CC(C)(C)C(=O)N(C)CC(O)CN1CCN(C)CC1. The van der Waals surface area contributed by atoms with E-state index in [2.05, 4.69) is 30.7 Å². The van der Waals surface area contributed by atoms with E-state index in [0.29, 0.717) is 19.0 Å². The highest BCUT2D eigenvalue weighted by atomic mass is 16.3. The van der Waals surface area contributed by atoms with Gasteiger partial charge in [-0.3, -0.25) is 9.69 Å². The van der Waals surface area contributed by atoms with E-state index >= 15 is 0 Å². The number of aliphatic hydroxyl groups is 1. The molecule has 0 bridgehead atoms. The van der Waals surface area contributed by atoms with Crippen LogP contribution in [0.5, 0.6) is 0 Å². The molecule has 5 heteroatoms. The number of carbonyl (C=O) groups is 1. The van der Waals surface area contributed by atoms with Crippen molar-refractivity contribution in [1.82, 2.24) is 14.7 Å². The van der Waals surface area contributed by atoms with Crippen LogP contribution in [-0.2, 0) is 4.79 Å². The summed E-state index contributed by atoms with van der Waals surface area (Å²) in [6.07, 6.45) is 0.386. The van der Waals surface area contributed by atoms with Gasteiger partial charge < -0.3 is 14.9 Å². The molecule has 1 aliphatic rings. The topological polar surface area (TPSA) is 47.0 Å². The lowest BCUT2D eigenvalue weighted by atomic mass is 9.82. The zero-order valence-electron chi connectivity index (χ0n) is 15.3. The van der Waals surface area contributed by atoms with E-state index in [1.54, 1.807) is 11.9 Å². The van der Waals surface area contributed by atoms with E-state index in [0.717, 1.165) is 32.6 Å². The maximum absolute atomic E-state index is 12.6. The number of hydrogen-bond donors (Lipinski definition) is 1. The largest absolute Gasteiger partial charge is 0.390 e. The molecular formula is C17H35N3O2. The summed E-state index contributed by atoms with van der Waals surface area (Å²) in [5.74, 6) is 0.612. The molecule has 1 unspecified atom stereocenters. The average Bonchev–Trinajstić information content (AvgIpc) is 2.38. The zero-order chi connectivity index (χ0) is 16.9. The molecule has 1 N–H and O–H groups in total. The van der Waals surface area contributed by atoms with Crippen molar-refractivity contribution < 1.29 is 9.90 Å². The molecule has 5 nitrogen and oxygen atoms in total. The van der Waals surface area contributed by atoms with Crippen LogP contribution < -0.4 is 0 Å². The summed E-state index contributed by atoms with van der Waals surface area (Å²) in [7, 11) is 3.93. The Kier molecular flexibility index (Phi) is 7.29. The van der Waals surface area contributed by atoms with Gasteiger partial charge in [0.25, 0.3) is 0 Å². The molecule has 0 spiro atoms. The van der Waals surface area contributed by atoms with Crippen LogP contribution in [0.15, 0.2) is 0 Å². The molecule has 0 aromatic heterocycles. The van der Waals surface area contributed by atoms with Gasteiger partial charge in [0, 0.05) is 51.7 Å². The van der Waals surface area contributed by atoms with Crippen LogP contribution in [0.25, 0.3) is 0 Å². The van der Waals surface area contributed by atoms with Crippen LogP contribution in [0.3, 0.4) is 0 Å². The van der Waals surface area contributed by atoms with Crippen molar-refractivity contribution in [2.24, 2.45) is 11.3 Å². The molecule has 1 aliphatic heterocycles. The molecule has 1 rings (SSSR count). The Morgan fingerprint density at radius 1 is 1.23 bits per heavy atom. The molecule has 1 amide bonds. The van der Waals surface area contributed by atoms with E-state index in [9.17, 15) is 9.90 Å². The quantitative estimate of drug-likeness (QED) is 0.765. The minimum atomic E-state index is -0.479. The van der Waals surface area contributed by atoms with Crippen LogP contribution in [0.2, 0.25) is 0 Å². The van der Waals surface area contributed by atoms with Gasteiger partial charge in [0.05, 0.1) is 6.10 Å². The van der Waals surface area contributed by atoms with Gasteiger partial charge in [0.2, 0.25) is 5.91 Å². The molecule has 1 heterocycles. The third-order valence-corrected chi connectivity index (χ3v) is 4.39. The van der Waals surface area contributed by atoms with Crippen molar-refractivity contribution in [3.63, 3.8) is 0 Å². The fourth-order valence-electron chi connectivity index (χ4n) is 3.41. The van der Waals surface area contributed by atoms with Crippen molar-refractivity contribution >= 4 is 5.91 Å². The van der Waals surface area contributed by atoms with E-state index < -0.39 is 6.10 Å². The third-order valence-electron chi connectivity index (χ3n) is 4.39. The number of likely N-dealkylation sites (N-methyl/N-ethyl adjacent to an activating group) is 2. The fraction of sp³-hybridized carbons (Fsp3) is 0.941. The zero-order valence-corrected chi connectivity index (χ0v) is 15.3. The lowest BCUT2D eigenvalue weighted by Gasteiger charge is -2.35. The molecule has 130 valence electrons. The first-order valence-corrected chi connectivity index (χ1v) is 8.46. The minimum Gasteiger partial charge on any atom is -0.390 e. The van der Waals surface area contributed by atoms with Crippen molar-refractivity contribution in [2.75, 3.05) is 53.4 Å². The first-order valence-electron chi connectivity index (χ1n) is 8.46. The van der Waals surface area contributed by atoms with Crippen LogP contribution in [-0.4, -0.2) is 85.2 Å². The third kappa shape index (κ3) is 6.23. The monoisotopic (exact) mass is 313 g/mol. The number of carbonyl (C=O) groups excluding carboxylic acids is 1. The highest BCUT2D eigenvalue weighted by Crippen LogP contribution is 2.27. The van der Waals surface area contributed by atoms with Gasteiger partial charge in [0.1, 0.15) is 0 Å². The minimum absolute atomic E-state index is 0.124. The molecule has 0 saturated carbocycles. The van der Waals surface area contributed by atoms with Gasteiger partial charge in [-0.05, 0) is 19.4 Å². The van der Waals surface area contributed by atoms with Crippen molar-refractivity contribution in [3.8, 4) is 0 Å². The Morgan fingerprint density at radius 3 is 2.27 bits per heavy atom. The Bertz CT molecular complexity index is 350. The van der Waals surface area contributed by atoms with Crippen LogP contribution in [0, 0.1) is 11.3 Å². The van der Waals surface area contributed by atoms with Crippen LogP contribution >= 0.6 is 0 Å². The average molecular weight is 313 g/mol. The number of β-amino-alcohol motifs (C(OH)–C–C–N with tert-alkyl or cyclic N) is 1. The van der Waals surface area contributed by atoms with E-state index in [4.69, 9.17) is 0 Å². The number of nitrogens with zero attached hydrogens (tertiary/aromatic N) is 3. The number of amides is 1. The smallest absolute Gasteiger partial charge is 0.228 e. The molecule has 22 heavy (non-hydrogen) atoms. The maximum atomic E-state index is 12.6. The summed E-state index contributed by atoms with van der Waals surface area (Å²) in [4.78, 5) is 18.8. The first-order chi connectivity index (χ1) is 10.1. The summed E-state index contributed by atoms with van der Waals surface area (Å²) in [5, 5.41) is 10.3. The van der Waals surface area contributed by atoms with Crippen LogP contribution in [0.1, 0.15) is 34.1 Å². The Labute approximate surface area is 136 Å². The Morgan fingerprint density at radius 2 is 1.77 bits per heavy atom. The van der Waals surface area contributed by atoms with Gasteiger partial charge >= 0.3 is 0 Å². The van der Waals surface area contributed by atoms with Crippen molar-refractivity contribution in [1.29, 1.82) is 0 Å². The molecule has 0 aliphatic carbocycles. The Hall–Kier alpha value is -0.650. The summed E-state index contributed by atoms with van der Waals surface area (Å²) in [5.41, 5.74) is -0.365. The lowest BCUT2D eigenvalue weighted by Crippen LogP contribution is -2.50.